The fraction of sp³-hybridized carbons (Fsp3) is 0.0952. The average Bonchev–Trinajstić information content (AvgIpc) is 2.74. The minimum atomic E-state index is -1.55. The van der Waals surface area contributed by atoms with Crippen molar-refractivity contribution in [3.05, 3.63) is 88.9 Å². The Morgan fingerprint density at radius 3 is 2.50 bits per heavy atom. The Morgan fingerprint density at radius 2 is 1.83 bits per heavy atom. The highest BCUT2D eigenvalue weighted by Gasteiger charge is 2.16. The van der Waals surface area contributed by atoms with Crippen molar-refractivity contribution >= 4 is 36.1 Å². The number of carbonyl (C=O) groups is 2. The summed E-state index contributed by atoms with van der Waals surface area (Å²) >= 11 is 1.38. The minimum Gasteiger partial charge on any atom is -0.478 e. The van der Waals surface area contributed by atoms with Crippen LogP contribution < -0.4 is 5.46 Å². The molecule has 30 heavy (non-hydrogen) atoms. The quantitative estimate of drug-likeness (QED) is 0.289. The molecule has 0 aliphatic rings. The molecule has 1 heterocycles. The molecule has 2 aromatic carbocycles. The molecule has 0 spiro atoms. The second-order valence-corrected chi connectivity index (χ2v) is 7.46. The Balaban J connectivity index is 1.65. The second-order valence-electron chi connectivity index (χ2n) is 6.47. The summed E-state index contributed by atoms with van der Waals surface area (Å²) in [5.74, 6) is -2.03. The van der Waals surface area contributed by atoms with E-state index in [0.29, 0.717) is 27.4 Å². The summed E-state index contributed by atoms with van der Waals surface area (Å²) in [6.07, 6.45) is 1.36. The van der Waals surface area contributed by atoms with Crippen LogP contribution in [-0.4, -0.2) is 39.0 Å². The van der Waals surface area contributed by atoms with Crippen LogP contribution >= 0.6 is 11.8 Å². The molecule has 6 nitrogen and oxygen atoms in total. The van der Waals surface area contributed by atoms with Gasteiger partial charge in [0.05, 0.1) is 10.6 Å². The number of ketones is 1. The fourth-order valence-corrected chi connectivity index (χ4v) is 3.69. The number of thioether (sulfide) groups is 1. The molecule has 3 N–H and O–H groups in total. The van der Waals surface area contributed by atoms with E-state index in [-0.39, 0.29) is 12.2 Å². The van der Waals surface area contributed by atoms with Crippen LogP contribution in [0.25, 0.3) is 0 Å². The van der Waals surface area contributed by atoms with Gasteiger partial charge in [0, 0.05) is 23.9 Å². The maximum Gasteiger partial charge on any atom is 0.488 e. The van der Waals surface area contributed by atoms with E-state index in [1.54, 1.807) is 30.3 Å². The topological polar surface area (TPSA) is 108 Å². The zero-order chi connectivity index (χ0) is 21.7. The fourth-order valence-electron chi connectivity index (χ4n) is 2.83. The Kier molecular flexibility index (Phi) is 6.99. The van der Waals surface area contributed by atoms with Crippen molar-refractivity contribution in [1.29, 1.82) is 0 Å². The van der Waals surface area contributed by atoms with Gasteiger partial charge < -0.3 is 15.2 Å². The van der Waals surface area contributed by atoms with Gasteiger partial charge in [0.2, 0.25) is 0 Å². The number of pyridine rings is 1. The number of carboxylic acid groups (broad SMARTS) is 1. The van der Waals surface area contributed by atoms with E-state index >= 15 is 0 Å². The van der Waals surface area contributed by atoms with Gasteiger partial charge in [0.15, 0.2) is 5.78 Å². The number of carbonyl (C=O) groups excluding carboxylic acids is 1. The third-order valence-electron chi connectivity index (χ3n) is 4.39. The summed E-state index contributed by atoms with van der Waals surface area (Å²) in [6, 6.07) is 13.8. The van der Waals surface area contributed by atoms with Gasteiger partial charge in [-0.1, -0.05) is 30.3 Å². The first kappa shape index (κ1) is 21.7. The summed E-state index contributed by atoms with van der Waals surface area (Å²) in [5.41, 5.74) is 1.48. The van der Waals surface area contributed by atoms with Crippen LogP contribution in [0.5, 0.6) is 0 Å². The molecule has 0 amide bonds. The van der Waals surface area contributed by atoms with E-state index in [2.05, 4.69) is 4.98 Å². The van der Waals surface area contributed by atoms with Crippen molar-refractivity contribution in [1.82, 2.24) is 4.98 Å². The number of rotatable bonds is 8. The molecule has 0 bridgehead atoms. The predicted molar refractivity (Wildman–Crippen MR) is 111 cm³/mol. The molecule has 0 saturated heterocycles. The first-order valence-electron chi connectivity index (χ1n) is 8.93. The van der Waals surface area contributed by atoms with Gasteiger partial charge >= 0.3 is 13.1 Å². The van der Waals surface area contributed by atoms with Gasteiger partial charge in [-0.3, -0.25) is 4.79 Å². The highest BCUT2D eigenvalue weighted by Crippen LogP contribution is 2.21. The predicted octanol–water partition coefficient (Wildman–Crippen LogP) is 2.32. The molecule has 0 aliphatic heterocycles. The van der Waals surface area contributed by atoms with Crippen LogP contribution in [0.3, 0.4) is 0 Å². The monoisotopic (exact) mass is 425 g/mol. The van der Waals surface area contributed by atoms with Crippen LogP contribution in [0.2, 0.25) is 0 Å². The Bertz CT molecular complexity index is 1080. The van der Waals surface area contributed by atoms with Crippen LogP contribution in [0.4, 0.5) is 4.39 Å². The van der Waals surface area contributed by atoms with Crippen molar-refractivity contribution in [2.75, 3.05) is 0 Å². The second kappa shape index (κ2) is 9.66. The number of halogens is 1. The SMILES string of the molecule is O=C(Cc1ccc(F)c(C(=O)O)c1)c1ccc(SCc2ccccc2B(O)O)nc1. The van der Waals surface area contributed by atoms with Crippen LogP contribution in [0.1, 0.15) is 31.8 Å². The molecular weight excluding hydrogens is 408 g/mol. The summed E-state index contributed by atoms with van der Waals surface area (Å²) < 4.78 is 13.5. The summed E-state index contributed by atoms with van der Waals surface area (Å²) in [7, 11) is -1.55. The average molecular weight is 425 g/mol. The molecule has 0 unspecified atom stereocenters. The van der Waals surface area contributed by atoms with E-state index in [4.69, 9.17) is 5.11 Å². The first-order chi connectivity index (χ1) is 14.3. The third-order valence-corrected chi connectivity index (χ3v) is 5.39. The molecule has 152 valence electrons. The zero-order valence-corrected chi connectivity index (χ0v) is 16.5. The Hall–Kier alpha value is -3.01. The summed E-state index contributed by atoms with van der Waals surface area (Å²) in [5, 5.41) is 28.5. The number of aromatic carboxylic acids is 1. The molecule has 1 aromatic heterocycles. The van der Waals surface area contributed by atoms with Gasteiger partial charge in [0.25, 0.3) is 0 Å². The largest absolute Gasteiger partial charge is 0.488 e. The van der Waals surface area contributed by atoms with Gasteiger partial charge in [-0.15, -0.1) is 11.8 Å². The maximum atomic E-state index is 13.5. The maximum absolute atomic E-state index is 13.5. The molecule has 3 aromatic rings. The molecule has 0 radical (unpaired) electrons. The normalized spacial score (nSPS) is 10.6. The lowest BCUT2D eigenvalue weighted by molar-refractivity contribution is 0.0691. The molecular formula is C21H17BFNO5S. The minimum absolute atomic E-state index is 0.0729. The lowest BCUT2D eigenvalue weighted by Crippen LogP contribution is -2.32. The molecule has 9 heteroatoms. The van der Waals surface area contributed by atoms with Crippen molar-refractivity contribution in [2.24, 2.45) is 0 Å². The standard InChI is InChI=1S/C21H17BFNO5S/c23-18-7-5-13(9-16(18)21(26)27)10-19(25)14-6-8-20(24-11-14)30-12-15-3-1-2-4-17(15)22(28)29/h1-9,11,28-29H,10,12H2,(H,26,27). The first-order valence-corrected chi connectivity index (χ1v) is 9.91. The van der Waals surface area contributed by atoms with Gasteiger partial charge in [-0.2, -0.15) is 0 Å². The number of carboxylic acids is 1. The molecule has 0 saturated carbocycles. The van der Waals surface area contributed by atoms with Crippen molar-refractivity contribution in [3.8, 4) is 0 Å². The third kappa shape index (κ3) is 5.32. The molecule has 3 rings (SSSR count). The Labute approximate surface area is 176 Å². The number of hydrogen-bond acceptors (Lipinski definition) is 6. The zero-order valence-electron chi connectivity index (χ0n) is 15.7. The van der Waals surface area contributed by atoms with Crippen LogP contribution in [0, 0.1) is 5.82 Å². The summed E-state index contributed by atoms with van der Waals surface area (Å²) in [6.45, 7) is 0. The van der Waals surface area contributed by atoms with E-state index < -0.39 is 24.5 Å². The van der Waals surface area contributed by atoms with Crippen LogP contribution in [-0.2, 0) is 12.2 Å². The Morgan fingerprint density at radius 1 is 1.07 bits per heavy atom. The lowest BCUT2D eigenvalue weighted by atomic mass is 9.77. The molecule has 0 aliphatic carbocycles. The molecule has 0 fully saturated rings. The van der Waals surface area contributed by atoms with Crippen molar-refractivity contribution in [3.63, 3.8) is 0 Å². The van der Waals surface area contributed by atoms with E-state index in [1.807, 2.05) is 6.07 Å². The number of Topliss-reactive ketones (excluding diaryl/α,β-unsaturated/α-hetero) is 1. The van der Waals surface area contributed by atoms with Crippen LogP contribution in [0.15, 0.2) is 65.8 Å². The highest BCUT2D eigenvalue weighted by atomic mass is 32.2. The van der Waals surface area contributed by atoms with Gasteiger partial charge in [-0.25, -0.2) is 14.2 Å². The van der Waals surface area contributed by atoms with Crippen molar-refractivity contribution < 1.29 is 29.1 Å². The number of hydrogen-bond donors (Lipinski definition) is 3. The number of aromatic nitrogens is 1. The number of nitrogens with zero attached hydrogens (tertiary/aromatic N) is 1. The van der Waals surface area contributed by atoms with E-state index in [9.17, 15) is 24.0 Å². The lowest BCUT2D eigenvalue weighted by Gasteiger charge is -2.08. The molecule has 0 atom stereocenters. The van der Waals surface area contributed by atoms with Gasteiger partial charge in [-0.05, 0) is 40.9 Å². The summed E-state index contributed by atoms with van der Waals surface area (Å²) in [4.78, 5) is 27.7. The highest BCUT2D eigenvalue weighted by molar-refractivity contribution is 7.98. The number of benzene rings is 2. The smallest absolute Gasteiger partial charge is 0.478 e. The van der Waals surface area contributed by atoms with E-state index in [0.717, 1.165) is 17.7 Å². The van der Waals surface area contributed by atoms with E-state index in [1.165, 1.54) is 24.0 Å². The van der Waals surface area contributed by atoms with Gasteiger partial charge in [0.1, 0.15) is 5.82 Å². The van der Waals surface area contributed by atoms with Crippen molar-refractivity contribution in [2.45, 2.75) is 17.2 Å².